The maximum Gasteiger partial charge on any atom is 0.331 e. The number of nitrogens with one attached hydrogen (secondary N) is 1. The molecule has 7 heteroatoms. The molecule has 1 N–H and O–H groups in total. The molecule has 1 amide bonds. The summed E-state index contributed by atoms with van der Waals surface area (Å²) in [5.41, 5.74) is 2.55. The van der Waals surface area contributed by atoms with Crippen LogP contribution in [-0.4, -0.2) is 23.1 Å². The number of rotatable bonds is 6. The Balaban J connectivity index is 1.54. The van der Waals surface area contributed by atoms with E-state index < -0.39 is 35.8 Å². The summed E-state index contributed by atoms with van der Waals surface area (Å²) in [6, 6.07) is 5.76. The number of amides is 1. The number of benzene rings is 1. The molecule has 1 heterocycles. The van der Waals surface area contributed by atoms with Crippen LogP contribution >= 0.6 is 0 Å². The summed E-state index contributed by atoms with van der Waals surface area (Å²) in [5, 5.41) is 2.05. The number of esters is 1. The lowest BCUT2D eigenvalue weighted by molar-refractivity contribution is -0.142. The molecule has 1 aliphatic rings. The van der Waals surface area contributed by atoms with E-state index in [-0.39, 0.29) is 0 Å². The van der Waals surface area contributed by atoms with Crippen LogP contribution in [0.4, 0.5) is 14.5 Å². The lowest BCUT2D eigenvalue weighted by Gasteiger charge is -2.07. The molecule has 0 radical (unpaired) electrons. The fourth-order valence-electron chi connectivity index (χ4n) is 3.00. The highest BCUT2D eigenvalue weighted by Crippen LogP contribution is 2.38. The minimum absolute atomic E-state index is 0.543. The van der Waals surface area contributed by atoms with Crippen LogP contribution in [0, 0.1) is 25.5 Å². The Morgan fingerprint density at radius 1 is 1.26 bits per heavy atom. The van der Waals surface area contributed by atoms with E-state index in [2.05, 4.69) is 9.88 Å². The molecular weight excluding hydrogens is 354 g/mol. The van der Waals surface area contributed by atoms with Gasteiger partial charge in [0, 0.05) is 23.5 Å². The molecule has 0 unspecified atom stereocenters. The van der Waals surface area contributed by atoms with Crippen molar-refractivity contribution in [3.05, 3.63) is 58.9 Å². The average Bonchev–Trinajstić information content (AvgIpc) is 3.40. The zero-order valence-corrected chi connectivity index (χ0v) is 15.1. The lowest BCUT2D eigenvalue weighted by atomic mass is 10.2. The van der Waals surface area contributed by atoms with Crippen LogP contribution in [0.5, 0.6) is 0 Å². The van der Waals surface area contributed by atoms with Gasteiger partial charge in [-0.25, -0.2) is 13.6 Å². The zero-order chi connectivity index (χ0) is 19.6. The Kier molecular flexibility index (Phi) is 5.39. The molecule has 1 fully saturated rings. The first-order valence-electron chi connectivity index (χ1n) is 8.64. The fraction of sp³-hybridized carbons (Fsp3) is 0.300. The first-order valence-corrected chi connectivity index (χ1v) is 8.64. The van der Waals surface area contributed by atoms with Gasteiger partial charge in [0.1, 0.15) is 17.3 Å². The molecule has 142 valence electrons. The molecule has 1 aromatic carbocycles. The van der Waals surface area contributed by atoms with E-state index in [1.165, 1.54) is 25.0 Å². The number of nitrogens with zero attached hydrogens (tertiary/aromatic N) is 1. The van der Waals surface area contributed by atoms with Crippen LogP contribution in [-0.2, 0) is 14.3 Å². The third-order valence-electron chi connectivity index (χ3n) is 4.41. The summed E-state index contributed by atoms with van der Waals surface area (Å²) in [7, 11) is 0. The molecule has 0 atom stereocenters. The van der Waals surface area contributed by atoms with Crippen molar-refractivity contribution in [2.24, 2.45) is 0 Å². The van der Waals surface area contributed by atoms with Crippen molar-refractivity contribution in [3.8, 4) is 0 Å². The minimum atomic E-state index is -0.902. The number of carbonyl (C=O) groups is 2. The smallest absolute Gasteiger partial charge is 0.331 e. The highest BCUT2D eigenvalue weighted by atomic mass is 19.1. The van der Waals surface area contributed by atoms with E-state index in [1.54, 1.807) is 6.08 Å². The molecule has 0 saturated heterocycles. The van der Waals surface area contributed by atoms with Gasteiger partial charge in [0.2, 0.25) is 0 Å². The SMILES string of the molecule is Cc1cc(/C=C/C(=O)OCC(=O)Nc2c(F)cccc2F)c(C)n1C1CC1. The fourth-order valence-corrected chi connectivity index (χ4v) is 3.00. The minimum Gasteiger partial charge on any atom is -0.452 e. The number of para-hydroxylation sites is 1. The van der Waals surface area contributed by atoms with Gasteiger partial charge in [0.15, 0.2) is 6.61 Å². The van der Waals surface area contributed by atoms with E-state index in [0.717, 1.165) is 29.1 Å². The number of ether oxygens (including phenoxy) is 1. The van der Waals surface area contributed by atoms with Crippen molar-refractivity contribution in [1.29, 1.82) is 0 Å². The van der Waals surface area contributed by atoms with E-state index >= 15 is 0 Å². The number of hydrogen-bond acceptors (Lipinski definition) is 3. The van der Waals surface area contributed by atoms with E-state index in [1.807, 2.05) is 19.9 Å². The highest BCUT2D eigenvalue weighted by molar-refractivity contribution is 5.94. The Bertz CT molecular complexity index is 894. The average molecular weight is 374 g/mol. The van der Waals surface area contributed by atoms with E-state index in [9.17, 15) is 18.4 Å². The number of aromatic nitrogens is 1. The standard InChI is InChI=1S/C20H20F2N2O3/c1-12-10-14(13(2)24(12)15-7-8-15)6-9-19(26)27-11-18(25)23-20-16(21)4-3-5-17(20)22/h3-6,9-10,15H,7-8,11H2,1-2H3,(H,23,25)/b9-6+. The van der Waals surface area contributed by atoms with Crippen molar-refractivity contribution in [2.75, 3.05) is 11.9 Å². The zero-order valence-electron chi connectivity index (χ0n) is 15.1. The summed E-state index contributed by atoms with van der Waals surface area (Å²) < 4.78 is 34.0. The molecule has 0 aliphatic heterocycles. The van der Waals surface area contributed by atoms with Gasteiger partial charge in [0.25, 0.3) is 5.91 Å². The van der Waals surface area contributed by atoms with Crippen LogP contribution in [0.25, 0.3) is 6.08 Å². The van der Waals surface area contributed by atoms with Crippen molar-refractivity contribution >= 4 is 23.6 Å². The molecule has 0 bridgehead atoms. The molecule has 1 aliphatic carbocycles. The summed E-state index contributed by atoms with van der Waals surface area (Å²) in [4.78, 5) is 23.5. The summed E-state index contributed by atoms with van der Waals surface area (Å²) in [6.45, 7) is 3.37. The van der Waals surface area contributed by atoms with Gasteiger partial charge >= 0.3 is 5.97 Å². The Morgan fingerprint density at radius 2 is 1.93 bits per heavy atom. The van der Waals surface area contributed by atoms with Crippen LogP contribution < -0.4 is 5.32 Å². The number of hydrogen-bond donors (Lipinski definition) is 1. The first kappa shape index (κ1) is 18.8. The maximum atomic E-state index is 13.5. The predicted molar refractivity (Wildman–Crippen MR) is 97.2 cm³/mol. The Labute approximate surface area is 155 Å². The van der Waals surface area contributed by atoms with E-state index in [0.29, 0.717) is 6.04 Å². The van der Waals surface area contributed by atoms with Gasteiger partial charge in [-0.3, -0.25) is 4.79 Å². The van der Waals surface area contributed by atoms with Gasteiger partial charge in [0.05, 0.1) is 0 Å². The number of carbonyl (C=O) groups excluding carboxylic acids is 2. The van der Waals surface area contributed by atoms with Gasteiger partial charge in [-0.1, -0.05) is 6.07 Å². The molecular formula is C20H20F2N2O3. The molecule has 3 rings (SSSR count). The highest BCUT2D eigenvalue weighted by Gasteiger charge is 2.26. The van der Waals surface area contributed by atoms with Crippen molar-refractivity contribution in [1.82, 2.24) is 4.57 Å². The maximum absolute atomic E-state index is 13.5. The third kappa shape index (κ3) is 4.42. The second-order valence-corrected chi connectivity index (χ2v) is 6.51. The molecule has 5 nitrogen and oxygen atoms in total. The third-order valence-corrected chi connectivity index (χ3v) is 4.41. The topological polar surface area (TPSA) is 60.3 Å². The molecule has 1 aromatic heterocycles. The van der Waals surface area contributed by atoms with Crippen molar-refractivity contribution in [3.63, 3.8) is 0 Å². The summed E-state index contributed by atoms with van der Waals surface area (Å²) >= 11 is 0. The number of halogens is 2. The number of anilines is 1. The lowest BCUT2D eigenvalue weighted by Crippen LogP contribution is -2.21. The Hall–Kier alpha value is -2.96. The quantitative estimate of drug-likeness (QED) is 0.616. The van der Waals surface area contributed by atoms with Crippen LogP contribution in [0.3, 0.4) is 0 Å². The van der Waals surface area contributed by atoms with Gasteiger partial charge in [-0.05, 0) is 56.5 Å². The van der Waals surface area contributed by atoms with Crippen molar-refractivity contribution in [2.45, 2.75) is 32.7 Å². The monoisotopic (exact) mass is 374 g/mol. The molecule has 2 aromatic rings. The second-order valence-electron chi connectivity index (χ2n) is 6.51. The summed E-state index contributed by atoms with van der Waals surface area (Å²) in [6.07, 6.45) is 5.20. The predicted octanol–water partition coefficient (Wildman–Crippen LogP) is 3.91. The van der Waals surface area contributed by atoms with Crippen LogP contribution in [0.1, 0.15) is 35.8 Å². The first-order chi connectivity index (χ1) is 12.9. The Morgan fingerprint density at radius 3 is 2.56 bits per heavy atom. The summed E-state index contributed by atoms with van der Waals surface area (Å²) in [5.74, 6) is -3.34. The largest absolute Gasteiger partial charge is 0.452 e. The van der Waals surface area contributed by atoms with Gasteiger partial charge in [-0.2, -0.15) is 0 Å². The van der Waals surface area contributed by atoms with Gasteiger partial charge in [-0.15, -0.1) is 0 Å². The molecule has 27 heavy (non-hydrogen) atoms. The van der Waals surface area contributed by atoms with E-state index in [4.69, 9.17) is 4.74 Å². The van der Waals surface area contributed by atoms with Crippen LogP contribution in [0.2, 0.25) is 0 Å². The van der Waals surface area contributed by atoms with Crippen molar-refractivity contribution < 1.29 is 23.1 Å². The van der Waals surface area contributed by atoms with Gasteiger partial charge < -0.3 is 14.6 Å². The van der Waals surface area contributed by atoms with Crippen LogP contribution in [0.15, 0.2) is 30.3 Å². The molecule has 0 spiro atoms. The normalized spacial score (nSPS) is 13.8. The second kappa shape index (κ2) is 7.73. The number of aryl methyl sites for hydroxylation is 1. The molecule has 1 saturated carbocycles.